The Balaban J connectivity index is 0.00000208. The van der Waals surface area contributed by atoms with Crippen LogP contribution in [0.25, 0.3) is 0 Å². The molecule has 0 atom stereocenters. The minimum atomic E-state index is -0.426. The van der Waals surface area contributed by atoms with Crippen molar-refractivity contribution in [2.24, 2.45) is 5.92 Å². The van der Waals surface area contributed by atoms with Crippen LogP contribution in [0.1, 0.15) is 31.2 Å². The van der Waals surface area contributed by atoms with E-state index in [9.17, 15) is 14.9 Å². The number of nitro groups is 1. The van der Waals surface area contributed by atoms with E-state index in [2.05, 4.69) is 5.32 Å². The quantitative estimate of drug-likeness (QED) is 0.630. The van der Waals surface area contributed by atoms with E-state index in [0.717, 1.165) is 44.0 Å². The SMILES string of the molecule is Cl.O=C(Cc1ccc([N+](=O)[O-])cc1)N1CCC(NCC2CC2)CC1. The van der Waals surface area contributed by atoms with Crippen molar-refractivity contribution >= 4 is 24.0 Å². The van der Waals surface area contributed by atoms with Gasteiger partial charge in [0.25, 0.3) is 5.69 Å². The number of hydrogen-bond donors (Lipinski definition) is 1. The molecule has 3 rings (SSSR count). The van der Waals surface area contributed by atoms with Gasteiger partial charge in [-0.05, 0) is 43.7 Å². The van der Waals surface area contributed by atoms with Gasteiger partial charge in [-0.1, -0.05) is 12.1 Å². The van der Waals surface area contributed by atoms with Crippen LogP contribution < -0.4 is 5.32 Å². The van der Waals surface area contributed by atoms with Crippen LogP contribution in [-0.4, -0.2) is 41.4 Å². The second-order valence-electron chi connectivity index (χ2n) is 6.61. The van der Waals surface area contributed by atoms with Gasteiger partial charge in [0.1, 0.15) is 0 Å². The van der Waals surface area contributed by atoms with Gasteiger partial charge in [-0.25, -0.2) is 0 Å². The molecule has 1 N–H and O–H groups in total. The highest BCUT2D eigenvalue weighted by atomic mass is 35.5. The van der Waals surface area contributed by atoms with Crippen molar-refractivity contribution in [2.45, 2.75) is 38.1 Å². The van der Waals surface area contributed by atoms with Gasteiger partial charge in [0.2, 0.25) is 5.91 Å². The lowest BCUT2D eigenvalue weighted by atomic mass is 10.0. The van der Waals surface area contributed by atoms with Crippen molar-refractivity contribution in [3.8, 4) is 0 Å². The van der Waals surface area contributed by atoms with Crippen molar-refractivity contribution in [2.75, 3.05) is 19.6 Å². The van der Waals surface area contributed by atoms with Gasteiger partial charge < -0.3 is 10.2 Å². The van der Waals surface area contributed by atoms with Gasteiger partial charge in [0.15, 0.2) is 0 Å². The van der Waals surface area contributed by atoms with Gasteiger partial charge in [0.05, 0.1) is 11.3 Å². The van der Waals surface area contributed by atoms with E-state index in [0.29, 0.717) is 12.5 Å². The van der Waals surface area contributed by atoms with E-state index in [1.54, 1.807) is 12.1 Å². The predicted molar refractivity (Wildman–Crippen MR) is 94.4 cm³/mol. The highest BCUT2D eigenvalue weighted by Gasteiger charge is 2.25. The van der Waals surface area contributed by atoms with Crippen LogP contribution in [0.4, 0.5) is 5.69 Å². The second kappa shape index (κ2) is 8.44. The average molecular weight is 354 g/mol. The Morgan fingerprint density at radius 1 is 1.17 bits per heavy atom. The number of likely N-dealkylation sites (tertiary alicyclic amines) is 1. The zero-order chi connectivity index (χ0) is 16.2. The first-order valence-corrected chi connectivity index (χ1v) is 8.36. The molecule has 0 spiro atoms. The minimum Gasteiger partial charge on any atom is -0.342 e. The predicted octanol–water partition coefficient (Wildman–Crippen LogP) is 2.55. The summed E-state index contributed by atoms with van der Waals surface area (Å²) < 4.78 is 0. The summed E-state index contributed by atoms with van der Waals surface area (Å²) in [7, 11) is 0. The minimum absolute atomic E-state index is 0. The number of hydrogen-bond acceptors (Lipinski definition) is 4. The van der Waals surface area contributed by atoms with E-state index < -0.39 is 4.92 Å². The maximum absolute atomic E-state index is 12.3. The summed E-state index contributed by atoms with van der Waals surface area (Å²) in [5.41, 5.74) is 0.887. The fraction of sp³-hybridized carbons (Fsp3) is 0.588. The smallest absolute Gasteiger partial charge is 0.269 e. The van der Waals surface area contributed by atoms with Crippen molar-refractivity contribution in [3.05, 3.63) is 39.9 Å². The molecule has 24 heavy (non-hydrogen) atoms. The number of nitrogens with one attached hydrogen (secondary N) is 1. The van der Waals surface area contributed by atoms with E-state index in [4.69, 9.17) is 0 Å². The normalized spacial score (nSPS) is 18.1. The third-order valence-electron chi connectivity index (χ3n) is 4.74. The Morgan fingerprint density at radius 2 is 1.79 bits per heavy atom. The number of nitro benzene ring substituents is 1. The Hall–Kier alpha value is -1.66. The Labute approximate surface area is 148 Å². The van der Waals surface area contributed by atoms with Crippen LogP contribution in [0.3, 0.4) is 0 Å². The van der Waals surface area contributed by atoms with Crippen LogP contribution in [0.15, 0.2) is 24.3 Å². The lowest BCUT2D eigenvalue weighted by Gasteiger charge is -2.32. The Morgan fingerprint density at radius 3 is 2.33 bits per heavy atom. The van der Waals surface area contributed by atoms with Gasteiger partial charge in [-0.15, -0.1) is 12.4 Å². The molecular formula is C17H24ClN3O3. The number of nitrogens with zero attached hydrogens (tertiary/aromatic N) is 2. The molecule has 1 aliphatic heterocycles. The molecule has 0 aromatic heterocycles. The number of benzene rings is 1. The third kappa shape index (κ3) is 5.18. The zero-order valence-electron chi connectivity index (χ0n) is 13.6. The van der Waals surface area contributed by atoms with Crippen molar-refractivity contribution < 1.29 is 9.72 Å². The molecule has 1 aliphatic carbocycles. The van der Waals surface area contributed by atoms with Crippen LogP contribution in [0, 0.1) is 16.0 Å². The van der Waals surface area contributed by atoms with E-state index in [-0.39, 0.29) is 24.0 Å². The fourth-order valence-electron chi connectivity index (χ4n) is 3.01. The number of carbonyl (C=O) groups excluding carboxylic acids is 1. The molecule has 1 aromatic carbocycles. The molecule has 0 unspecified atom stereocenters. The number of piperidine rings is 1. The first-order chi connectivity index (χ1) is 11.1. The molecule has 2 aliphatic rings. The lowest BCUT2D eigenvalue weighted by molar-refractivity contribution is -0.384. The standard InChI is InChI=1S/C17H23N3O3.ClH/c21-17(11-13-3-5-16(6-4-13)20(22)23)19-9-7-15(8-10-19)18-12-14-1-2-14;/h3-6,14-15,18H,1-2,7-12H2;1H. The fourth-order valence-corrected chi connectivity index (χ4v) is 3.01. The highest BCUT2D eigenvalue weighted by molar-refractivity contribution is 5.85. The van der Waals surface area contributed by atoms with Crippen molar-refractivity contribution in [1.82, 2.24) is 10.2 Å². The van der Waals surface area contributed by atoms with E-state index >= 15 is 0 Å². The largest absolute Gasteiger partial charge is 0.342 e. The molecule has 132 valence electrons. The number of halogens is 1. The average Bonchev–Trinajstić information content (AvgIpc) is 3.38. The molecule has 1 aromatic rings. The van der Waals surface area contributed by atoms with E-state index in [1.165, 1.54) is 25.0 Å². The van der Waals surface area contributed by atoms with Crippen LogP contribution in [0.5, 0.6) is 0 Å². The maximum Gasteiger partial charge on any atom is 0.269 e. The first kappa shape index (κ1) is 18.7. The summed E-state index contributed by atoms with van der Waals surface area (Å²) in [6.07, 6.45) is 5.06. The third-order valence-corrected chi connectivity index (χ3v) is 4.74. The summed E-state index contributed by atoms with van der Waals surface area (Å²) >= 11 is 0. The molecule has 1 saturated carbocycles. The molecule has 1 amide bonds. The summed E-state index contributed by atoms with van der Waals surface area (Å²) in [4.78, 5) is 24.5. The highest BCUT2D eigenvalue weighted by Crippen LogP contribution is 2.28. The molecular weight excluding hydrogens is 330 g/mol. The van der Waals surface area contributed by atoms with Crippen LogP contribution in [0.2, 0.25) is 0 Å². The van der Waals surface area contributed by atoms with E-state index in [1.807, 2.05) is 4.90 Å². The van der Waals surface area contributed by atoms with Gasteiger partial charge in [-0.2, -0.15) is 0 Å². The van der Waals surface area contributed by atoms with Crippen LogP contribution >= 0.6 is 12.4 Å². The first-order valence-electron chi connectivity index (χ1n) is 8.36. The summed E-state index contributed by atoms with van der Waals surface area (Å²) in [6, 6.07) is 6.78. The van der Waals surface area contributed by atoms with Gasteiger partial charge >= 0.3 is 0 Å². The van der Waals surface area contributed by atoms with Crippen molar-refractivity contribution in [3.63, 3.8) is 0 Å². The molecule has 6 nitrogen and oxygen atoms in total. The Bertz CT molecular complexity index is 567. The molecule has 1 saturated heterocycles. The van der Waals surface area contributed by atoms with Gasteiger partial charge in [0, 0.05) is 31.3 Å². The zero-order valence-corrected chi connectivity index (χ0v) is 14.5. The number of non-ortho nitro benzene ring substituents is 1. The molecule has 0 bridgehead atoms. The second-order valence-corrected chi connectivity index (χ2v) is 6.61. The Kier molecular flexibility index (Phi) is 6.57. The van der Waals surface area contributed by atoms with Gasteiger partial charge in [-0.3, -0.25) is 14.9 Å². The number of carbonyl (C=O) groups is 1. The molecule has 0 radical (unpaired) electrons. The number of rotatable bonds is 6. The number of amides is 1. The monoisotopic (exact) mass is 353 g/mol. The molecule has 7 heteroatoms. The lowest BCUT2D eigenvalue weighted by Crippen LogP contribution is -2.45. The topological polar surface area (TPSA) is 75.5 Å². The summed E-state index contributed by atoms with van der Waals surface area (Å²) in [5, 5.41) is 14.2. The summed E-state index contributed by atoms with van der Waals surface area (Å²) in [5.74, 6) is 0.997. The summed E-state index contributed by atoms with van der Waals surface area (Å²) in [6.45, 7) is 2.73. The molecule has 1 heterocycles. The molecule has 2 fully saturated rings. The maximum atomic E-state index is 12.3. The van der Waals surface area contributed by atoms with Crippen LogP contribution in [-0.2, 0) is 11.2 Å². The van der Waals surface area contributed by atoms with Crippen molar-refractivity contribution in [1.29, 1.82) is 0 Å².